The van der Waals surface area contributed by atoms with E-state index in [4.69, 9.17) is 14.0 Å². The molecule has 372 valence electrons. The Balaban J connectivity index is 0.000000146. The van der Waals surface area contributed by atoms with Crippen molar-refractivity contribution in [2.24, 2.45) is 34.6 Å². The van der Waals surface area contributed by atoms with E-state index in [0.717, 1.165) is 22.2 Å². The fraction of sp³-hybridized carbons (Fsp3) is 0.167. The van der Waals surface area contributed by atoms with Crippen LogP contribution in [0.15, 0.2) is 145 Å². The lowest BCUT2D eigenvalue weighted by Crippen LogP contribution is -2.42. The average molecular weight is 998 g/mol. The van der Waals surface area contributed by atoms with Gasteiger partial charge in [0.15, 0.2) is 22.9 Å². The molecule has 6 aromatic heterocycles. The zero-order valence-electron chi connectivity index (χ0n) is 38.7. The molecule has 73 heavy (non-hydrogen) atoms. The smallest absolute Gasteiger partial charge is 0.274 e. The summed E-state index contributed by atoms with van der Waals surface area (Å²) in [5.41, 5.74) is 5.13. The minimum Gasteiger partial charge on any atom is -0.422 e. The molecule has 22 nitrogen and oxygen atoms in total. The van der Waals surface area contributed by atoms with Gasteiger partial charge in [0, 0.05) is 46.3 Å². The SMILES string of the molecule is CN1C=NC(c2nnc(Cc3ccc(F)cc3)o2)C(O)/C1=N/O.Cn1cc(-c2nnc(Cc3ccc(F)cc3)o2)/c(=N/O)c2ncccc21.Cn1nc(C(=O)NCc2ccc(F)cc2)/c(=N/O)c2ncccc21. The minimum absolute atomic E-state index is 0.000283. The second-order valence-corrected chi connectivity index (χ2v) is 15.9. The van der Waals surface area contributed by atoms with E-state index in [-0.39, 0.29) is 58.0 Å². The Labute approximate surface area is 410 Å². The van der Waals surface area contributed by atoms with Gasteiger partial charge in [-0.25, -0.2) is 13.2 Å². The largest absolute Gasteiger partial charge is 0.422 e. The van der Waals surface area contributed by atoms with Crippen LogP contribution in [0.4, 0.5) is 13.2 Å². The summed E-state index contributed by atoms with van der Waals surface area (Å²) < 4.78 is 53.4. The second-order valence-electron chi connectivity index (χ2n) is 15.9. The molecular weight excluding hydrogens is 956 g/mol. The van der Waals surface area contributed by atoms with Crippen molar-refractivity contribution in [2.45, 2.75) is 31.5 Å². The average Bonchev–Trinajstić information content (AvgIpc) is 4.08. The summed E-state index contributed by atoms with van der Waals surface area (Å²) in [5, 5.41) is 70.4. The van der Waals surface area contributed by atoms with Crippen LogP contribution in [-0.4, -0.2) is 102 Å². The zero-order valence-corrected chi connectivity index (χ0v) is 38.7. The lowest BCUT2D eigenvalue weighted by molar-refractivity contribution is 0.0941. The van der Waals surface area contributed by atoms with Gasteiger partial charge in [-0.3, -0.25) is 24.4 Å². The fourth-order valence-electron chi connectivity index (χ4n) is 7.33. The summed E-state index contributed by atoms with van der Waals surface area (Å²) in [4.78, 5) is 26.3. The number of aromatic nitrogens is 9. The molecule has 25 heteroatoms. The van der Waals surface area contributed by atoms with E-state index < -0.39 is 18.1 Å². The van der Waals surface area contributed by atoms with E-state index in [1.54, 1.807) is 81.1 Å². The Bertz CT molecular complexity index is 3600. The summed E-state index contributed by atoms with van der Waals surface area (Å²) in [6.07, 6.45) is 5.81. The maximum Gasteiger partial charge on any atom is 0.274 e. The van der Waals surface area contributed by atoms with Crippen LogP contribution in [0.1, 0.15) is 50.9 Å². The van der Waals surface area contributed by atoms with Gasteiger partial charge < -0.3 is 44.3 Å². The number of likely N-dealkylation sites (N-methyl/N-ethyl adjacent to an activating group) is 1. The van der Waals surface area contributed by atoms with Gasteiger partial charge >= 0.3 is 0 Å². The standard InChI is InChI=1S/C18H14FN5O2.C16H14FN5O2.C14H14FN5O3/c1-24-10-13(16(23-25)17-14(24)3-2-8-20-17)18-22-21-15(26-18)9-11-4-6-12(19)7-5-11;1-22-12-3-2-8-18-13(12)14(21-24)15(20-22)16(23)19-9-10-4-6-11(17)7-5-10;1-20-7-16-11(12(21)13(20)19-22)14-18-17-10(23-14)6-8-2-4-9(15)5-3-8/h2-8,10,25H,9H2,1H3;2-8,24H,9H2,1H3,(H,19,23);2-5,7,11-12,21-22H,6H2,1H3/b23-16-;21-14+;19-13-. The van der Waals surface area contributed by atoms with Crippen LogP contribution in [0.2, 0.25) is 0 Å². The molecule has 9 aromatic rings. The highest BCUT2D eigenvalue weighted by Crippen LogP contribution is 2.25. The molecule has 0 spiro atoms. The molecule has 1 aliphatic rings. The number of aryl methyl sites for hydroxylation is 2. The number of oxime groups is 1. The Morgan fingerprint density at radius 2 is 1.23 bits per heavy atom. The van der Waals surface area contributed by atoms with Crippen molar-refractivity contribution in [2.75, 3.05) is 7.05 Å². The molecule has 7 heterocycles. The minimum atomic E-state index is -1.20. The molecule has 5 N–H and O–H groups in total. The third-order valence-corrected chi connectivity index (χ3v) is 11.0. The van der Waals surface area contributed by atoms with Crippen molar-refractivity contribution >= 4 is 40.1 Å². The Hall–Kier alpha value is -9.65. The number of nitrogens with one attached hydrogen (secondary N) is 1. The highest BCUT2D eigenvalue weighted by Gasteiger charge is 2.35. The predicted molar refractivity (Wildman–Crippen MR) is 252 cm³/mol. The van der Waals surface area contributed by atoms with Gasteiger partial charge in [0.2, 0.25) is 17.7 Å². The molecule has 2 atom stereocenters. The number of amidine groups is 1. The Morgan fingerprint density at radius 3 is 1.82 bits per heavy atom. The van der Waals surface area contributed by atoms with Crippen molar-refractivity contribution < 1.29 is 47.5 Å². The van der Waals surface area contributed by atoms with Gasteiger partial charge in [-0.05, 0) is 77.4 Å². The van der Waals surface area contributed by atoms with Crippen molar-refractivity contribution in [1.29, 1.82) is 0 Å². The van der Waals surface area contributed by atoms with E-state index in [9.17, 15) is 33.5 Å². The summed E-state index contributed by atoms with van der Waals surface area (Å²) in [6.45, 7) is 0.190. The lowest BCUT2D eigenvalue weighted by Gasteiger charge is -2.27. The van der Waals surface area contributed by atoms with Gasteiger partial charge in [-0.1, -0.05) is 51.9 Å². The second kappa shape index (κ2) is 22.4. The molecule has 3 aromatic carbocycles. The van der Waals surface area contributed by atoms with Crippen LogP contribution in [0, 0.1) is 17.5 Å². The highest BCUT2D eigenvalue weighted by atomic mass is 19.1. The lowest BCUT2D eigenvalue weighted by atomic mass is 10.1. The first-order valence-corrected chi connectivity index (χ1v) is 21.8. The van der Waals surface area contributed by atoms with E-state index in [1.165, 1.54) is 58.5 Å². The molecule has 1 amide bonds. The van der Waals surface area contributed by atoms with Crippen LogP contribution in [0.5, 0.6) is 0 Å². The first-order chi connectivity index (χ1) is 35.3. The van der Waals surface area contributed by atoms with Gasteiger partial charge in [0.1, 0.15) is 39.9 Å². The van der Waals surface area contributed by atoms with Crippen molar-refractivity contribution in [3.8, 4) is 11.5 Å². The van der Waals surface area contributed by atoms with Crippen molar-refractivity contribution in [3.05, 3.63) is 184 Å². The van der Waals surface area contributed by atoms with Gasteiger partial charge in [-0.15, -0.1) is 20.4 Å². The van der Waals surface area contributed by atoms with E-state index >= 15 is 0 Å². The number of pyridine rings is 3. The number of aliphatic hydroxyl groups is 1. The molecule has 10 rings (SSSR count). The number of halogens is 3. The van der Waals surface area contributed by atoms with Gasteiger partial charge in [0.05, 0.1) is 35.8 Å². The number of nitrogens with zero attached hydrogens (tertiary/aromatic N) is 14. The summed E-state index contributed by atoms with van der Waals surface area (Å²) in [7, 11) is 5.11. The molecule has 0 saturated carbocycles. The van der Waals surface area contributed by atoms with E-state index in [0.29, 0.717) is 46.7 Å². The number of carbonyl (C=O) groups excluding carboxylic acids is 1. The van der Waals surface area contributed by atoms with Gasteiger partial charge in [0.25, 0.3) is 11.8 Å². The van der Waals surface area contributed by atoms with E-state index in [1.807, 2.05) is 17.7 Å². The first-order valence-electron chi connectivity index (χ1n) is 21.8. The van der Waals surface area contributed by atoms with Crippen LogP contribution in [-0.2, 0) is 33.5 Å². The number of carbonyl (C=O) groups is 1. The maximum atomic E-state index is 13.0. The number of hydrogen-bond donors (Lipinski definition) is 5. The number of benzene rings is 3. The monoisotopic (exact) mass is 997 g/mol. The number of hydrogen-bond acceptors (Lipinski definition) is 18. The van der Waals surface area contributed by atoms with Gasteiger partial charge in [-0.2, -0.15) is 5.10 Å². The third-order valence-electron chi connectivity index (χ3n) is 11.0. The molecule has 0 aliphatic carbocycles. The Kier molecular flexibility index (Phi) is 15.3. The number of amides is 1. The van der Waals surface area contributed by atoms with Crippen molar-refractivity contribution in [3.63, 3.8) is 0 Å². The molecule has 0 saturated heterocycles. The maximum absolute atomic E-state index is 13.0. The predicted octanol–water partition coefficient (Wildman–Crippen LogP) is 4.93. The normalized spacial score (nSPS) is 15.3. The van der Waals surface area contributed by atoms with Crippen molar-refractivity contribution in [1.82, 2.24) is 54.9 Å². The highest BCUT2D eigenvalue weighted by molar-refractivity contribution is 5.96. The topological polar surface area (TPSA) is 289 Å². The Morgan fingerprint density at radius 1 is 0.685 bits per heavy atom. The molecule has 0 fully saturated rings. The number of rotatable bonds is 9. The summed E-state index contributed by atoms with van der Waals surface area (Å²) >= 11 is 0. The van der Waals surface area contributed by atoms with E-state index in [2.05, 4.69) is 61.2 Å². The molecular formula is C48H42F3N15O7. The summed E-state index contributed by atoms with van der Waals surface area (Å²) in [6, 6.07) is 24.1. The number of aliphatic imine (C=N–C) groups is 1. The molecule has 0 bridgehead atoms. The van der Waals surface area contributed by atoms with Crippen LogP contribution >= 0.6 is 0 Å². The third kappa shape index (κ3) is 11.5. The zero-order chi connectivity index (χ0) is 51.6. The molecule has 2 unspecified atom stereocenters. The fourth-order valence-corrected chi connectivity index (χ4v) is 7.33. The number of aliphatic hydroxyl groups excluding tert-OH is 1. The quantitative estimate of drug-likeness (QED) is 0.0946. The van der Waals surface area contributed by atoms with Crippen LogP contribution < -0.4 is 16.0 Å². The molecule has 1 aliphatic heterocycles. The number of fused-ring (bicyclic) bond motifs is 2. The molecule has 0 radical (unpaired) electrons. The first kappa shape index (κ1) is 49.8. The summed E-state index contributed by atoms with van der Waals surface area (Å²) in [5.74, 6) is -0.433. The van der Waals surface area contributed by atoms with Crippen LogP contribution in [0.25, 0.3) is 33.5 Å². The van der Waals surface area contributed by atoms with Crippen LogP contribution in [0.3, 0.4) is 0 Å².